The first kappa shape index (κ1) is 21.6. The topological polar surface area (TPSA) is 58.5 Å². The SMILES string of the molecule is Cc1c(-c2[nH]c3ccc(C4CC5CN(C6COC6)CC5C4)cc3c2C(C)C)cn2cnnc2c1C. The molecule has 1 N–H and O–H groups in total. The van der Waals surface area contributed by atoms with Gasteiger partial charge in [0.15, 0.2) is 5.65 Å². The third-order valence-electron chi connectivity index (χ3n) is 9.24. The summed E-state index contributed by atoms with van der Waals surface area (Å²) in [6.45, 7) is 13.4. The molecule has 2 saturated heterocycles. The van der Waals surface area contributed by atoms with Gasteiger partial charge in [-0.3, -0.25) is 9.30 Å². The minimum absolute atomic E-state index is 0.423. The number of aromatic amines is 1. The number of aryl methyl sites for hydroxylation is 1. The normalized spacial score (nSPS) is 25.2. The molecule has 0 radical (unpaired) electrons. The smallest absolute Gasteiger partial charge is 0.163 e. The summed E-state index contributed by atoms with van der Waals surface area (Å²) in [5, 5.41) is 9.83. The maximum Gasteiger partial charge on any atom is 0.163 e. The van der Waals surface area contributed by atoms with Crippen LogP contribution in [0.15, 0.2) is 30.7 Å². The fourth-order valence-corrected chi connectivity index (χ4v) is 7.10. The van der Waals surface area contributed by atoms with E-state index in [4.69, 9.17) is 4.74 Å². The summed E-state index contributed by atoms with van der Waals surface area (Å²) in [6.07, 6.45) is 6.65. The van der Waals surface area contributed by atoms with Crippen LogP contribution in [0.2, 0.25) is 0 Å². The van der Waals surface area contributed by atoms with Gasteiger partial charge in [0.1, 0.15) is 6.33 Å². The van der Waals surface area contributed by atoms with E-state index in [9.17, 15) is 0 Å². The Balaban J connectivity index is 1.25. The van der Waals surface area contributed by atoms with Crippen LogP contribution in [0.5, 0.6) is 0 Å². The zero-order chi connectivity index (χ0) is 23.8. The van der Waals surface area contributed by atoms with Crippen molar-refractivity contribution < 1.29 is 4.74 Å². The van der Waals surface area contributed by atoms with Crippen LogP contribution in [-0.2, 0) is 4.74 Å². The van der Waals surface area contributed by atoms with Crippen LogP contribution in [0.4, 0.5) is 0 Å². The highest BCUT2D eigenvalue weighted by molar-refractivity contribution is 5.92. The van der Waals surface area contributed by atoms with Gasteiger partial charge in [-0.25, -0.2) is 0 Å². The standard InChI is InChI=1S/C29H35N5O/c1-16(2)27-24-9-19(20-7-21-10-33(11-22(21)8-20)23-13-35-14-23)5-6-26(24)31-28(27)25-12-34-15-30-32-29(34)18(4)17(25)3/h5-6,9,12,15-16,20-23,31H,7-8,10-11,13-14H2,1-4H3. The predicted octanol–water partition coefficient (Wildman–Crippen LogP) is 5.44. The Morgan fingerprint density at radius 1 is 1.06 bits per heavy atom. The van der Waals surface area contributed by atoms with Crippen LogP contribution in [0, 0.1) is 25.7 Å². The molecular formula is C29H35N5O. The Bertz CT molecular complexity index is 1410. The van der Waals surface area contributed by atoms with Gasteiger partial charge >= 0.3 is 0 Å². The molecule has 182 valence electrons. The zero-order valence-electron chi connectivity index (χ0n) is 21.2. The Labute approximate surface area is 206 Å². The van der Waals surface area contributed by atoms with Gasteiger partial charge in [0.25, 0.3) is 0 Å². The van der Waals surface area contributed by atoms with E-state index in [0.29, 0.717) is 17.9 Å². The number of nitrogens with one attached hydrogen (secondary N) is 1. The molecule has 6 heteroatoms. The fourth-order valence-electron chi connectivity index (χ4n) is 7.10. The van der Waals surface area contributed by atoms with E-state index in [1.54, 1.807) is 6.33 Å². The van der Waals surface area contributed by atoms with Crippen molar-refractivity contribution in [2.45, 2.75) is 58.4 Å². The molecular weight excluding hydrogens is 434 g/mol. The van der Waals surface area contributed by atoms with Crippen LogP contribution in [-0.4, -0.2) is 56.8 Å². The van der Waals surface area contributed by atoms with Crippen LogP contribution in [0.3, 0.4) is 0 Å². The maximum absolute atomic E-state index is 5.44. The van der Waals surface area contributed by atoms with Gasteiger partial charge in [0.2, 0.25) is 0 Å². The largest absolute Gasteiger partial charge is 0.378 e. The first-order chi connectivity index (χ1) is 17.0. The highest BCUT2D eigenvalue weighted by Crippen LogP contribution is 2.48. The molecule has 6 nitrogen and oxygen atoms in total. The average Bonchev–Trinajstić information content (AvgIpc) is 3.55. The zero-order valence-corrected chi connectivity index (χ0v) is 21.2. The molecule has 1 saturated carbocycles. The fraction of sp³-hybridized carbons (Fsp3) is 0.517. The van der Waals surface area contributed by atoms with Crippen molar-refractivity contribution in [3.05, 3.63) is 53.0 Å². The second kappa shape index (κ2) is 7.90. The molecule has 2 unspecified atom stereocenters. The number of nitrogens with zero attached hydrogens (tertiary/aromatic N) is 4. The average molecular weight is 470 g/mol. The maximum atomic E-state index is 5.44. The second-order valence-electron chi connectivity index (χ2n) is 11.6. The van der Waals surface area contributed by atoms with Gasteiger partial charge in [0.05, 0.1) is 24.9 Å². The highest BCUT2D eigenvalue weighted by Gasteiger charge is 2.44. The lowest BCUT2D eigenvalue weighted by Crippen LogP contribution is -2.48. The van der Waals surface area contributed by atoms with Crippen LogP contribution in [0.25, 0.3) is 27.8 Å². The minimum Gasteiger partial charge on any atom is -0.378 e. The Morgan fingerprint density at radius 3 is 2.51 bits per heavy atom. The van der Waals surface area contributed by atoms with Gasteiger partial charge in [-0.15, -0.1) is 10.2 Å². The molecule has 35 heavy (non-hydrogen) atoms. The number of hydrogen-bond acceptors (Lipinski definition) is 4. The number of rotatable bonds is 4. The molecule has 2 aliphatic heterocycles. The van der Waals surface area contributed by atoms with Gasteiger partial charge < -0.3 is 9.72 Å². The molecule has 0 amide bonds. The van der Waals surface area contributed by atoms with E-state index >= 15 is 0 Å². The van der Waals surface area contributed by atoms with E-state index in [-0.39, 0.29) is 0 Å². The van der Waals surface area contributed by atoms with Crippen molar-refractivity contribution in [1.29, 1.82) is 0 Å². The number of fused-ring (bicyclic) bond motifs is 3. The Morgan fingerprint density at radius 2 is 1.83 bits per heavy atom. The van der Waals surface area contributed by atoms with Gasteiger partial charge in [0, 0.05) is 35.8 Å². The molecule has 7 rings (SSSR count). The Hall–Kier alpha value is -2.70. The van der Waals surface area contributed by atoms with Gasteiger partial charge in [-0.05, 0) is 84.7 Å². The molecule has 2 atom stereocenters. The molecule has 4 aromatic rings. The molecule has 3 fully saturated rings. The third-order valence-corrected chi connectivity index (χ3v) is 9.24. The van der Waals surface area contributed by atoms with Crippen molar-refractivity contribution in [3.8, 4) is 11.3 Å². The van der Waals surface area contributed by atoms with Crippen molar-refractivity contribution in [2.24, 2.45) is 11.8 Å². The number of likely N-dealkylation sites (tertiary alicyclic amines) is 1. The van der Waals surface area contributed by atoms with Gasteiger partial charge in [-0.1, -0.05) is 19.9 Å². The molecule has 0 bridgehead atoms. The molecule has 1 aliphatic carbocycles. The van der Waals surface area contributed by atoms with Crippen LogP contribution >= 0.6 is 0 Å². The van der Waals surface area contributed by atoms with E-state index in [1.165, 1.54) is 70.3 Å². The van der Waals surface area contributed by atoms with Crippen LogP contribution in [0.1, 0.15) is 60.8 Å². The van der Waals surface area contributed by atoms with Crippen LogP contribution < -0.4 is 0 Å². The van der Waals surface area contributed by atoms with E-state index < -0.39 is 0 Å². The summed E-state index contributed by atoms with van der Waals surface area (Å²) >= 11 is 0. The number of ether oxygens (including phenoxy) is 1. The third kappa shape index (κ3) is 3.30. The number of H-pyrrole nitrogens is 1. The number of benzene rings is 1. The van der Waals surface area contributed by atoms with Crippen molar-refractivity contribution in [2.75, 3.05) is 26.3 Å². The number of aromatic nitrogens is 4. The summed E-state index contributed by atoms with van der Waals surface area (Å²) in [6, 6.07) is 7.91. The van der Waals surface area contributed by atoms with Crippen molar-refractivity contribution in [1.82, 2.24) is 24.5 Å². The molecule has 3 aromatic heterocycles. The first-order valence-corrected chi connectivity index (χ1v) is 13.2. The Kier molecular flexibility index (Phi) is 4.87. The lowest BCUT2D eigenvalue weighted by atomic mass is 9.90. The monoisotopic (exact) mass is 469 g/mol. The lowest BCUT2D eigenvalue weighted by molar-refractivity contribution is -0.0594. The highest BCUT2D eigenvalue weighted by atomic mass is 16.5. The van der Waals surface area contributed by atoms with E-state index in [2.05, 4.69) is 76.6 Å². The summed E-state index contributed by atoms with van der Waals surface area (Å²) in [7, 11) is 0. The number of pyridine rings is 1. The minimum atomic E-state index is 0.423. The van der Waals surface area contributed by atoms with Gasteiger partial charge in [-0.2, -0.15) is 0 Å². The van der Waals surface area contributed by atoms with Crippen molar-refractivity contribution >= 4 is 16.6 Å². The molecule has 0 spiro atoms. The number of hydrogen-bond donors (Lipinski definition) is 1. The molecule has 1 aromatic carbocycles. The summed E-state index contributed by atoms with van der Waals surface area (Å²) in [4.78, 5) is 6.50. The predicted molar refractivity (Wildman–Crippen MR) is 139 cm³/mol. The van der Waals surface area contributed by atoms with Crippen molar-refractivity contribution in [3.63, 3.8) is 0 Å². The second-order valence-corrected chi connectivity index (χ2v) is 11.6. The molecule has 5 heterocycles. The molecule has 3 aliphatic rings. The van der Waals surface area contributed by atoms with E-state index in [0.717, 1.165) is 30.7 Å². The summed E-state index contributed by atoms with van der Waals surface area (Å²) in [5.41, 5.74) is 10.1. The summed E-state index contributed by atoms with van der Waals surface area (Å²) in [5.74, 6) is 2.81. The summed E-state index contributed by atoms with van der Waals surface area (Å²) < 4.78 is 7.49. The first-order valence-electron chi connectivity index (χ1n) is 13.2. The van der Waals surface area contributed by atoms with E-state index in [1.807, 2.05) is 0 Å². The lowest BCUT2D eigenvalue weighted by Gasteiger charge is -2.35. The quantitative estimate of drug-likeness (QED) is 0.432.